The molecule has 0 aliphatic heterocycles. The molecule has 1 N–H and O–H groups in total. The second-order valence-electron chi connectivity index (χ2n) is 4.49. The minimum Gasteiger partial charge on any atom is -0.309 e. The Hall–Kier alpha value is -1.19. The van der Waals surface area contributed by atoms with Gasteiger partial charge in [0.15, 0.2) is 0 Å². The van der Waals surface area contributed by atoms with Crippen LogP contribution in [0.15, 0.2) is 29.6 Å². The molecule has 2 rings (SSSR count). The van der Waals surface area contributed by atoms with Crippen molar-refractivity contribution in [3.8, 4) is 10.6 Å². The van der Waals surface area contributed by atoms with Crippen LogP contribution in [0.25, 0.3) is 10.6 Å². The fourth-order valence-corrected chi connectivity index (χ4v) is 2.54. The first-order valence-corrected chi connectivity index (χ1v) is 6.78. The van der Waals surface area contributed by atoms with Gasteiger partial charge in [-0.2, -0.15) is 0 Å². The van der Waals surface area contributed by atoms with E-state index in [0.717, 1.165) is 17.2 Å². The van der Waals surface area contributed by atoms with Crippen LogP contribution in [0.5, 0.6) is 0 Å². The SMILES string of the molecule is Cc1ccccc1-c1nc(CNC(C)C)cs1. The summed E-state index contributed by atoms with van der Waals surface area (Å²) in [5.41, 5.74) is 3.65. The Bertz CT molecular complexity index is 488. The zero-order chi connectivity index (χ0) is 12.3. The summed E-state index contributed by atoms with van der Waals surface area (Å²) in [7, 11) is 0. The predicted molar refractivity (Wildman–Crippen MR) is 74.3 cm³/mol. The van der Waals surface area contributed by atoms with E-state index in [1.807, 2.05) is 0 Å². The van der Waals surface area contributed by atoms with Crippen molar-refractivity contribution in [3.05, 3.63) is 40.9 Å². The molecule has 0 aliphatic carbocycles. The third-order valence-corrected chi connectivity index (χ3v) is 3.54. The molecule has 3 heteroatoms. The molecule has 0 aliphatic rings. The average Bonchev–Trinajstić information content (AvgIpc) is 2.75. The van der Waals surface area contributed by atoms with Gasteiger partial charge in [-0.25, -0.2) is 4.98 Å². The third kappa shape index (κ3) is 3.14. The summed E-state index contributed by atoms with van der Waals surface area (Å²) in [5, 5.41) is 6.64. The summed E-state index contributed by atoms with van der Waals surface area (Å²) in [4.78, 5) is 4.67. The van der Waals surface area contributed by atoms with Crippen LogP contribution < -0.4 is 5.32 Å². The van der Waals surface area contributed by atoms with E-state index in [0.29, 0.717) is 6.04 Å². The quantitative estimate of drug-likeness (QED) is 0.891. The molecule has 0 saturated heterocycles. The van der Waals surface area contributed by atoms with Crippen molar-refractivity contribution in [1.29, 1.82) is 0 Å². The fraction of sp³-hybridized carbons (Fsp3) is 0.357. The highest BCUT2D eigenvalue weighted by molar-refractivity contribution is 7.13. The monoisotopic (exact) mass is 246 g/mol. The lowest BCUT2D eigenvalue weighted by atomic mass is 10.1. The number of nitrogens with one attached hydrogen (secondary N) is 1. The molecular weight excluding hydrogens is 228 g/mol. The molecule has 0 unspecified atom stereocenters. The average molecular weight is 246 g/mol. The van der Waals surface area contributed by atoms with E-state index in [2.05, 4.69) is 60.7 Å². The van der Waals surface area contributed by atoms with Gasteiger partial charge in [0.05, 0.1) is 5.69 Å². The van der Waals surface area contributed by atoms with E-state index in [1.165, 1.54) is 11.1 Å². The zero-order valence-electron chi connectivity index (χ0n) is 10.5. The Balaban J connectivity index is 2.16. The van der Waals surface area contributed by atoms with Crippen LogP contribution in [0.2, 0.25) is 0 Å². The number of nitrogens with zero attached hydrogens (tertiary/aromatic N) is 1. The molecule has 1 aromatic heterocycles. The van der Waals surface area contributed by atoms with Gasteiger partial charge < -0.3 is 5.32 Å². The molecule has 0 radical (unpaired) electrons. The van der Waals surface area contributed by atoms with Crippen LogP contribution in [0.1, 0.15) is 25.1 Å². The molecule has 17 heavy (non-hydrogen) atoms. The second kappa shape index (κ2) is 5.43. The first-order valence-electron chi connectivity index (χ1n) is 5.90. The standard InChI is InChI=1S/C14H18N2S/c1-10(2)15-8-12-9-17-14(16-12)13-7-5-4-6-11(13)3/h4-7,9-10,15H,8H2,1-3H3. The van der Waals surface area contributed by atoms with E-state index < -0.39 is 0 Å². The lowest BCUT2D eigenvalue weighted by Crippen LogP contribution is -2.21. The van der Waals surface area contributed by atoms with Gasteiger partial charge in [-0.05, 0) is 12.5 Å². The van der Waals surface area contributed by atoms with Crippen molar-refractivity contribution in [2.45, 2.75) is 33.4 Å². The van der Waals surface area contributed by atoms with Gasteiger partial charge in [-0.15, -0.1) is 11.3 Å². The van der Waals surface area contributed by atoms with Gasteiger partial charge in [0.2, 0.25) is 0 Å². The van der Waals surface area contributed by atoms with Crippen LogP contribution in [-0.2, 0) is 6.54 Å². The van der Waals surface area contributed by atoms with E-state index in [4.69, 9.17) is 0 Å². The van der Waals surface area contributed by atoms with Crippen LogP contribution in [-0.4, -0.2) is 11.0 Å². The van der Waals surface area contributed by atoms with Gasteiger partial charge in [-0.1, -0.05) is 38.1 Å². The number of rotatable bonds is 4. The van der Waals surface area contributed by atoms with Crippen molar-refractivity contribution >= 4 is 11.3 Å². The smallest absolute Gasteiger partial charge is 0.123 e. The van der Waals surface area contributed by atoms with E-state index >= 15 is 0 Å². The van der Waals surface area contributed by atoms with E-state index in [1.54, 1.807) is 11.3 Å². The maximum Gasteiger partial charge on any atom is 0.123 e. The Morgan fingerprint density at radius 1 is 1.29 bits per heavy atom. The van der Waals surface area contributed by atoms with Crippen molar-refractivity contribution in [2.24, 2.45) is 0 Å². The molecule has 0 fully saturated rings. The number of aryl methyl sites for hydroxylation is 1. The largest absolute Gasteiger partial charge is 0.309 e. The fourth-order valence-electron chi connectivity index (χ4n) is 1.63. The Labute approximate surface area is 107 Å². The number of aromatic nitrogens is 1. The second-order valence-corrected chi connectivity index (χ2v) is 5.35. The summed E-state index contributed by atoms with van der Waals surface area (Å²) >= 11 is 1.72. The minimum absolute atomic E-state index is 0.499. The van der Waals surface area contributed by atoms with Gasteiger partial charge in [0, 0.05) is 23.5 Å². The molecule has 0 amide bonds. The van der Waals surface area contributed by atoms with Gasteiger partial charge >= 0.3 is 0 Å². The first kappa shape index (κ1) is 12.3. The number of hydrogen-bond donors (Lipinski definition) is 1. The third-order valence-electron chi connectivity index (χ3n) is 2.62. The van der Waals surface area contributed by atoms with Crippen molar-refractivity contribution in [2.75, 3.05) is 0 Å². The van der Waals surface area contributed by atoms with Crippen molar-refractivity contribution in [3.63, 3.8) is 0 Å². The van der Waals surface area contributed by atoms with Crippen LogP contribution in [0.3, 0.4) is 0 Å². The summed E-state index contributed by atoms with van der Waals surface area (Å²) in [5.74, 6) is 0. The summed E-state index contributed by atoms with van der Waals surface area (Å²) in [6.07, 6.45) is 0. The van der Waals surface area contributed by atoms with E-state index in [9.17, 15) is 0 Å². The predicted octanol–water partition coefficient (Wildman–Crippen LogP) is 3.62. The number of thiazole rings is 1. The lowest BCUT2D eigenvalue weighted by molar-refractivity contribution is 0.583. The summed E-state index contributed by atoms with van der Waals surface area (Å²) < 4.78 is 0. The van der Waals surface area contributed by atoms with Gasteiger partial charge in [0.25, 0.3) is 0 Å². The maximum absolute atomic E-state index is 4.67. The van der Waals surface area contributed by atoms with Crippen LogP contribution >= 0.6 is 11.3 Å². The molecule has 2 nitrogen and oxygen atoms in total. The Kier molecular flexibility index (Phi) is 3.92. The van der Waals surface area contributed by atoms with Crippen molar-refractivity contribution in [1.82, 2.24) is 10.3 Å². The molecule has 0 bridgehead atoms. The molecule has 1 heterocycles. The topological polar surface area (TPSA) is 24.9 Å². The molecule has 0 atom stereocenters. The lowest BCUT2D eigenvalue weighted by Gasteiger charge is -2.05. The molecule has 0 spiro atoms. The molecule has 90 valence electrons. The van der Waals surface area contributed by atoms with Crippen LogP contribution in [0, 0.1) is 6.92 Å². The van der Waals surface area contributed by atoms with Gasteiger partial charge in [-0.3, -0.25) is 0 Å². The molecular formula is C14H18N2S. The molecule has 1 aromatic carbocycles. The van der Waals surface area contributed by atoms with Crippen molar-refractivity contribution < 1.29 is 0 Å². The maximum atomic E-state index is 4.67. The van der Waals surface area contributed by atoms with Gasteiger partial charge in [0.1, 0.15) is 5.01 Å². The number of hydrogen-bond acceptors (Lipinski definition) is 3. The molecule has 2 aromatic rings. The number of benzene rings is 1. The normalized spacial score (nSPS) is 11.1. The summed E-state index contributed by atoms with van der Waals surface area (Å²) in [6.45, 7) is 7.27. The Morgan fingerprint density at radius 3 is 2.76 bits per heavy atom. The molecule has 0 saturated carbocycles. The highest BCUT2D eigenvalue weighted by Gasteiger charge is 2.06. The van der Waals surface area contributed by atoms with E-state index in [-0.39, 0.29) is 0 Å². The minimum atomic E-state index is 0.499. The first-order chi connectivity index (χ1) is 8.16. The highest BCUT2D eigenvalue weighted by Crippen LogP contribution is 2.26. The highest BCUT2D eigenvalue weighted by atomic mass is 32.1. The summed E-state index contributed by atoms with van der Waals surface area (Å²) in [6, 6.07) is 8.89. The van der Waals surface area contributed by atoms with Crippen LogP contribution in [0.4, 0.5) is 0 Å². The Morgan fingerprint density at radius 2 is 2.06 bits per heavy atom. The zero-order valence-corrected chi connectivity index (χ0v) is 11.3.